The molecular weight excluding hydrogens is 242 g/mol. The number of hydrogen-bond donors (Lipinski definition) is 0. The van der Waals surface area contributed by atoms with E-state index in [4.69, 9.17) is 16.3 Å². The molecule has 2 aromatic heterocycles. The summed E-state index contributed by atoms with van der Waals surface area (Å²) in [5.74, 6) is 0. The van der Waals surface area contributed by atoms with E-state index < -0.39 is 6.09 Å². The maximum Gasteiger partial charge on any atom is 0.419 e. The van der Waals surface area contributed by atoms with E-state index in [1.54, 1.807) is 12.3 Å². The first-order chi connectivity index (χ1) is 8.24. The number of hydrogen-bond acceptors (Lipinski definition) is 4. The number of rotatable bonds is 3. The molecule has 0 radical (unpaired) electrons. The summed E-state index contributed by atoms with van der Waals surface area (Å²) in [6.07, 6.45) is 4.29. The average Bonchev–Trinajstić information content (AvgIpc) is 2.74. The van der Waals surface area contributed by atoms with Gasteiger partial charge in [0.15, 0.2) is 5.65 Å². The van der Waals surface area contributed by atoms with Crippen LogP contribution in [0.25, 0.3) is 11.0 Å². The highest BCUT2D eigenvalue weighted by atomic mass is 35.5. The van der Waals surface area contributed by atoms with Crippen molar-refractivity contribution in [3.63, 3.8) is 0 Å². The highest BCUT2D eigenvalue weighted by molar-refractivity contribution is 6.34. The third kappa shape index (κ3) is 2.39. The topological polar surface area (TPSA) is 57.0 Å². The van der Waals surface area contributed by atoms with E-state index in [2.05, 4.69) is 9.97 Å². The summed E-state index contributed by atoms with van der Waals surface area (Å²) in [7, 11) is 0. The second-order valence-corrected chi connectivity index (χ2v) is 3.91. The van der Waals surface area contributed by atoms with E-state index in [-0.39, 0.29) is 0 Å². The summed E-state index contributed by atoms with van der Waals surface area (Å²) in [5, 5.41) is 0.969. The Morgan fingerprint density at radius 1 is 1.53 bits per heavy atom. The third-order valence-electron chi connectivity index (χ3n) is 2.35. The molecule has 0 unspecified atom stereocenters. The minimum absolute atomic E-state index is 0.329. The van der Waals surface area contributed by atoms with Gasteiger partial charge in [-0.05, 0) is 12.5 Å². The summed E-state index contributed by atoms with van der Waals surface area (Å²) >= 11 is 5.89. The molecular formula is C11H12ClN3O2. The number of carbonyl (C=O) groups is 1. The van der Waals surface area contributed by atoms with E-state index in [0.29, 0.717) is 22.8 Å². The lowest BCUT2D eigenvalue weighted by molar-refractivity contribution is 0.147. The number of halogens is 1. The lowest BCUT2D eigenvalue weighted by Crippen LogP contribution is -2.13. The molecule has 0 N–H and O–H groups in total. The standard InChI is InChI=1S/C11H12ClN3O2/c1-2-3-6-17-11(16)15-5-4-8-9(12)13-7-14-10(8)15/h4-5,7H,2-3,6H2,1H3. The van der Waals surface area contributed by atoms with Crippen molar-refractivity contribution in [1.82, 2.24) is 14.5 Å². The van der Waals surface area contributed by atoms with Crippen LogP contribution in [0, 0.1) is 0 Å². The van der Waals surface area contributed by atoms with Crippen LogP contribution in [0.15, 0.2) is 18.6 Å². The maximum absolute atomic E-state index is 11.7. The summed E-state index contributed by atoms with van der Waals surface area (Å²) in [6.45, 7) is 2.44. The van der Waals surface area contributed by atoms with Crippen LogP contribution < -0.4 is 0 Å². The Hall–Kier alpha value is -1.62. The van der Waals surface area contributed by atoms with Crippen molar-refractivity contribution in [3.8, 4) is 0 Å². The number of nitrogens with zero attached hydrogens (tertiary/aromatic N) is 3. The molecule has 6 heteroatoms. The van der Waals surface area contributed by atoms with Crippen molar-refractivity contribution in [1.29, 1.82) is 0 Å². The Balaban J connectivity index is 2.24. The molecule has 0 fully saturated rings. The summed E-state index contributed by atoms with van der Waals surface area (Å²) in [4.78, 5) is 19.6. The van der Waals surface area contributed by atoms with Gasteiger partial charge >= 0.3 is 6.09 Å². The second kappa shape index (κ2) is 5.14. The van der Waals surface area contributed by atoms with Crippen molar-refractivity contribution in [2.75, 3.05) is 6.61 Å². The quantitative estimate of drug-likeness (QED) is 0.623. The van der Waals surface area contributed by atoms with Gasteiger partial charge in [-0.2, -0.15) is 0 Å². The SMILES string of the molecule is CCCCOC(=O)n1ccc2c(Cl)ncnc21. The lowest BCUT2D eigenvalue weighted by Gasteiger charge is -2.04. The number of fused-ring (bicyclic) bond motifs is 1. The molecule has 0 saturated heterocycles. The minimum atomic E-state index is -0.441. The van der Waals surface area contributed by atoms with Crippen LogP contribution in [0.1, 0.15) is 19.8 Å². The highest BCUT2D eigenvalue weighted by Gasteiger charge is 2.12. The molecule has 0 aliphatic carbocycles. The van der Waals surface area contributed by atoms with Crippen molar-refractivity contribution in [2.24, 2.45) is 0 Å². The van der Waals surface area contributed by atoms with E-state index in [9.17, 15) is 4.79 Å². The first kappa shape index (κ1) is 11.9. The molecule has 0 aromatic carbocycles. The molecule has 0 spiro atoms. The van der Waals surface area contributed by atoms with Gasteiger partial charge in [-0.3, -0.25) is 0 Å². The molecule has 0 aliphatic rings. The van der Waals surface area contributed by atoms with Crippen molar-refractivity contribution in [3.05, 3.63) is 23.7 Å². The van der Waals surface area contributed by atoms with Gasteiger partial charge in [0.05, 0.1) is 12.0 Å². The fraction of sp³-hybridized carbons (Fsp3) is 0.364. The fourth-order valence-corrected chi connectivity index (χ4v) is 1.63. The van der Waals surface area contributed by atoms with Gasteiger partial charge in [0.25, 0.3) is 0 Å². The van der Waals surface area contributed by atoms with Gasteiger partial charge in [-0.25, -0.2) is 19.3 Å². The predicted octanol–water partition coefficient (Wildman–Crippen LogP) is 2.87. The molecule has 17 heavy (non-hydrogen) atoms. The Labute approximate surface area is 103 Å². The van der Waals surface area contributed by atoms with Crippen LogP contribution in [0.2, 0.25) is 5.15 Å². The summed E-state index contributed by atoms with van der Waals surface area (Å²) in [5.41, 5.74) is 0.464. The summed E-state index contributed by atoms with van der Waals surface area (Å²) in [6, 6.07) is 1.69. The van der Waals surface area contributed by atoms with Crippen molar-refractivity contribution >= 4 is 28.7 Å². The Kier molecular flexibility index (Phi) is 3.58. The van der Waals surface area contributed by atoms with Crippen LogP contribution in [-0.2, 0) is 4.74 Å². The molecule has 0 bridgehead atoms. The molecule has 0 amide bonds. The Morgan fingerprint density at radius 3 is 3.12 bits per heavy atom. The average molecular weight is 254 g/mol. The molecule has 2 rings (SSSR count). The van der Waals surface area contributed by atoms with Gasteiger partial charge in [-0.15, -0.1) is 0 Å². The van der Waals surface area contributed by atoms with Crippen molar-refractivity contribution in [2.45, 2.75) is 19.8 Å². The third-order valence-corrected chi connectivity index (χ3v) is 2.65. The van der Waals surface area contributed by atoms with Crippen LogP contribution in [0.4, 0.5) is 4.79 Å². The van der Waals surface area contributed by atoms with Crippen LogP contribution in [0.3, 0.4) is 0 Å². The zero-order chi connectivity index (χ0) is 12.3. The van der Waals surface area contributed by atoms with Crippen LogP contribution in [0.5, 0.6) is 0 Å². The largest absolute Gasteiger partial charge is 0.449 e. The first-order valence-electron chi connectivity index (χ1n) is 5.38. The second-order valence-electron chi connectivity index (χ2n) is 3.56. The molecule has 0 aliphatic heterocycles. The zero-order valence-electron chi connectivity index (χ0n) is 9.39. The Bertz CT molecular complexity index is 538. The fourth-order valence-electron chi connectivity index (χ4n) is 1.44. The smallest absolute Gasteiger partial charge is 0.419 e. The number of unbranched alkanes of at least 4 members (excludes halogenated alkanes) is 1. The first-order valence-corrected chi connectivity index (χ1v) is 5.76. The van der Waals surface area contributed by atoms with Crippen LogP contribution >= 0.6 is 11.6 Å². The lowest BCUT2D eigenvalue weighted by atomic mass is 10.4. The minimum Gasteiger partial charge on any atom is -0.449 e. The molecule has 0 saturated carbocycles. The maximum atomic E-state index is 11.7. The van der Waals surface area contributed by atoms with Crippen molar-refractivity contribution < 1.29 is 9.53 Å². The van der Waals surface area contributed by atoms with E-state index in [1.807, 2.05) is 6.92 Å². The number of aromatic nitrogens is 3. The predicted molar refractivity (Wildman–Crippen MR) is 64.2 cm³/mol. The van der Waals surface area contributed by atoms with Crippen LogP contribution in [-0.4, -0.2) is 27.2 Å². The van der Waals surface area contributed by atoms with E-state index >= 15 is 0 Å². The van der Waals surface area contributed by atoms with Gasteiger partial charge in [0.2, 0.25) is 0 Å². The monoisotopic (exact) mass is 253 g/mol. The summed E-state index contributed by atoms with van der Waals surface area (Å²) < 4.78 is 6.43. The normalized spacial score (nSPS) is 10.7. The van der Waals surface area contributed by atoms with Gasteiger partial charge in [0.1, 0.15) is 11.5 Å². The zero-order valence-corrected chi connectivity index (χ0v) is 10.1. The Morgan fingerprint density at radius 2 is 2.35 bits per heavy atom. The van der Waals surface area contributed by atoms with Gasteiger partial charge < -0.3 is 4.74 Å². The molecule has 5 nitrogen and oxygen atoms in total. The van der Waals surface area contributed by atoms with Gasteiger partial charge in [-0.1, -0.05) is 24.9 Å². The molecule has 2 heterocycles. The molecule has 2 aromatic rings. The van der Waals surface area contributed by atoms with Gasteiger partial charge in [0, 0.05) is 6.20 Å². The number of ether oxygens (including phenoxy) is 1. The van der Waals surface area contributed by atoms with E-state index in [0.717, 1.165) is 12.8 Å². The molecule has 0 atom stereocenters. The highest BCUT2D eigenvalue weighted by Crippen LogP contribution is 2.20. The van der Waals surface area contributed by atoms with E-state index in [1.165, 1.54) is 10.9 Å². The molecule has 90 valence electrons. The number of carbonyl (C=O) groups excluding carboxylic acids is 1.